The Morgan fingerprint density at radius 2 is 1.97 bits per heavy atom. The van der Waals surface area contributed by atoms with E-state index in [0.29, 0.717) is 17.7 Å². The number of hydrogen-bond donors (Lipinski definition) is 1. The van der Waals surface area contributed by atoms with Crippen LogP contribution in [-0.2, 0) is 20.9 Å². The van der Waals surface area contributed by atoms with Crippen molar-refractivity contribution in [2.24, 2.45) is 11.8 Å². The molecule has 1 N–H and O–H groups in total. The third-order valence-corrected chi connectivity index (χ3v) is 6.44. The van der Waals surface area contributed by atoms with Crippen LogP contribution >= 0.6 is 11.3 Å². The van der Waals surface area contributed by atoms with Crippen LogP contribution in [0, 0.1) is 11.8 Å². The summed E-state index contributed by atoms with van der Waals surface area (Å²) in [6.45, 7) is 5.56. The highest BCUT2D eigenvalue weighted by atomic mass is 32.1. The molecule has 0 bridgehead atoms. The summed E-state index contributed by atoms with van der Waals surface area (Å²) in [5.74, 6) is -1.59. The van der Waals surface area contributed by atoms with Gasteiger partial charge in [0, 0.05) is 49.4 Å². The smallest absolute Gasteiger partial charge is 0.475 e. The fourth-order valence-electron chi connectivity index (χ4n) is 3.82. The fraction of sp³-hybridized carbons (Fsp3) is 0.684. The van der Waals surface area contributed by atoms with Crippen LogP contribution in [0.25, 0.3) is 0 Å². The first-order chi connectivity index (χ1) is 13.7. The Hall–Kier alpha value is -1.65. The van der Waals surface area contributed by atoms with E-state index in [9.17, 15) is 18.0 Å². The average molecular weight is 434 g/mol. The molecule has 1 aromatic heterocycles. The summed E-state index contributed by atoms with van der Waals surface area (Å²) < 4.78 is 37.8. The molecule has 2 saturated heterocycles. The number of thiophene rings is 1. The number of amides is 1. The Bertz CT molecular complexity index is 694. The number of rotatable bonds is 3. The molecule has 0 radical (unpaired) electrons. The number of carbonyl (C=O) groups is 2. The van der Waals surface area contributed by atoms with Gasteiger partial charge in [-0.2, -0.15) is 13.2 Å². The van der Waals surface area contributed by atoms with Crippen molar-refractivity contribution in [3.05, 3.63) is 22.4 Å². The van der Waals surface area contributed by atoms with Gasteiger partial charge in [-0.1, -0.05) is 12.5 Å². The minimum absolute atomic E-state index is 0.248. The maximum atomic E-state index is 12.5. The third kappa shape index (κ3) is 5.93. The maximum absolute atomic E-state index is 12.5. The molecule has 1 amide bonds. The molecule has 4 rings (SSSR count). The summed E-state index contributed by atoms with van der Waals surface area (Å²) in [5, 5.41) is 9.26. The summed E-state index contributed by atoms with van der Waals surface area (Å²) in [7, 11) is 0. The van der Waals surface area contributed by atoms with E-state index in [1.807, 2.05) is 11.3 Å². The normalized spacial score (nSPS) is 25.4. The highest BCUT2D eigenvalue weighted by molar-refractivity contribution is 7.09. The van der Waals surface area contributed by atoms with Crippen molar-refractivity contribution < 1.29 is 32.6 Å². The molecule has 0 unspecified atom stereocenters. The van der Waals surface area contributed by atoms with Crippen LogP contribution in [0.5, 0.6) is 0 Å². The van der Waals surface area contributed by atoms with Crippen molar-refractivity contribution in [1.82, 2.24) is 9.80 Å². The van der Waals surface area contributed by atoms with Gasteiger partial charge in [-0.3, -0.25) is 9.69 Å². The zero-order chi connectivity index (χ0) is 21.0. The van der Waals surface area contributed by atoms with Gasteiger partial charge in [0.15, 0.2) is 0 Å². The minimum atomic E-state index is -5.08. The van der Waals surface area contributed by atoms with Gasteiger partial charge in [-0.25, -0.2) is 4.79 Å². The molecule has 3 aliphatic rings. The molecule has 29 heavy (non-hydrogen) atoms. The lowest BCUT2D eigenvalue weighted by atomic mass is 9.84. The van der Waals surface area contributed by atoms with Crippen molar-refractivity contribution in [1.29, 1.82) is 0 Å². The second-order valence-electron chi connectivity index (χ2n) is 7.66. The molecule has 0 spiro atoms. The quantitative estimate of drug-likeness (QED) is 0.792. The molecule has 162 valence electrons. The molecule has 1 saturated carbocycles. The fourth-order valence-corrected chi connectivity index (χ4v) is 4.57. The monoisotopic (exact) mass is 434 g/mol. The Balaban J connectivity index is 0.000000298. The number of fused-ring (bicyclic) bond motifs is 1. The lowest BCUT2D eigenvalue weighted by Crippen LogP contribution is -2.39. The van der Waals surface area contributed by atoms with E-state index in [-0.39, 0.29) is 6.10 Å². The first-order valence-corrected chi connectivity index (χ1v) is 10.6. The number of alkyl halides is 3. The second kappa shape index (κ2) is 9.44. The number of halogens is 3. The second-order valence-corrected chi connectivity index (χ2v) is 8.69. The van der Waals surface area contributed by atoms with Crippen molar-refractivity contribution in [3.63, 3.8) is 0 Å². The van der Waals surface area contributed by atoms with E-state index in [1.54, 1.807) is 0 Å². The highest BCUT2D eigenvalue weighted by Gasteiger charge is 2.41. The van der Waals surface area contributed by atoms with E-state index in [4.69, 9.17) is 14.6 Å². The van der Waals surface area contributed by atoms with E-state index in [2.05, 4.69) is 27.3 Å². The zero-order valence-electron chi connectivity index (χ0n) is 15.9. The number of likely N-dealkylation sites (tertiary alicyclic amines) is 1. The maximum Gasteiger partial charge on any atom is 0.490 e. The molecular weight excluding hydrogens is 409 g/mol. The molecule has 6 nitrogen and oxygen atoms in total. The first-order valence-electron chi connectivity index (χ1n) is 9.69. The molecule has 3 heterocycles. The lowest BCUT2D eigenvalue weighted by Gasteiger charge is -2.29. The van der Waals surface area contributed by atoms with Gasteiger partial charge in [-0.05, 0) is 24.3 Å². The number of carboxylic acids is 1. The molecule has 1 aromatic rings. The summed E-state index contributed by atoms with van der Waals surface area (Å²) in [4.78, 5) is 27.3. The number of carboxylic acid groups (broad SMARTS) is 1. The number of hydrogen-bond acceptors (Lipinski definition) is 5. The van der Waals surface area contributed by atoms with Crippen molar-refractivity contribution in [2.75, 3.05) is 32.8 Å². The molecule has 10 heteroatoms. The standard InChI is InChI=1S/C17H24N2O2S.C2HF3O2/c20-17(13-3-1-4-13)19-10-14-9-18(6-7-21-16(14)12-19)11-15-5-2-8-22-15;3-2(4,5)1(6)7/h2,5,8,13-14,16H,1,3-4,6-7,9-12H2;(H,6,7)/t14-,16+;/m0./s1. The van der Waals surface area contributed by atoms with Crippen molar-refractivity contribution in [2.45, 2.75) is 38.1 Å². The molecule has 3 fully saturated rings. The topological polar surface area (TPSA) is 70.1 Å². The van der Waals surface area contributed by atoms with E-state index in [1.165, 1.54) is 11.3 Å². The van der Waals surface area contributed by atoms with Gasteiger partial charge in [0.1, 0.15) is 0 Å². The van der Waals surface area contributed by atoms with Gasteiger partial charge >= 0.3 is 12.1 Å². The van der Waals surface area contributed by atoms with Crippen LogP contribution in [0.3, 0.4) is 0 Å². The number of carbonyl (C=O) groups excluding carboxylic acids is 1. The number of nitrogens with zero attached hydrogens (tertiary/aromatic N) is 2. The summed E-state index contributed by atoms with van der Waals surface area (Å²) >= 11 is 1.82. The zero-order valence-corrected chi connectivity index (χ0v) is 16.8. The SMILES string of the molecule is O=C(C1CCC1)N1C[C@@H]2CN(Cc3cccs3)CCO[C@@H]2C1.O=C(O)C(F)(F)F. The Kier molecular flexibility index (Phi) is 7.18. The Labute approximate surface area is 171 Å². The van der Waals surface area contributed by atoms with E-state index >= 15 is 0 Å². The number of ether oxygens (including phenoxy) is 1. The Morgan fingerprint density at radius 3 is 2.52 bits per heavy atom. The first kappa shape index (κ1) is 22.0. The van der Waals surface area contributed by atoms with Crippen LogP contribution in [0.1, 0.15) is 24.1 Å². The molecule has 1 aliphatic carbocycles. The van der Waals surface area contributed by atoms with Crippen molar-refractivity contribution in [3.8, 4) is 0 Å². The molecule has 2 aliphatic heterocycles. The van der Waals surface area contributed by atoms with E-state index < -0.39 is 12.1 Å². The third-order valence-electron chi connectivity index (χ3n) is 5.58. The van der Waals surface area contributed by atoms with Gasteiger partial charge in [-0.15, -0.1) is 11.3 Å². The molecule has 2 atom stereocenters. The highest BCUT2D eigenvalue weighted by Crippen LogP contribution is 2.32. The summed E-state index contributed by atoms with van der Waals surface area (Å²) in [6.07, 6.45) is -1.42. The minimum Gasteiger partial charge on any atom is -0.475 e. The predicted molar refractivity (Wildman–Crippen MR) is 100 cm³/mol. The average Bonchev–Trinajstić information content (AvgIpc) is 3.20. The summed E-state index contributed by atoms with van der Waals surface area (Å²) in [5.41, 5.74) is 0. The largest absolute Gasteiger partial charge is 0.490 e. The molecule has 0 aromatic carbocycles. The van der Waals surface area contributed by atoms with Crippen LogP contribution in [0.4, 0.5) is 13.2 Å². The predicted octanol–water partition coefficient (Wildman–Crippen LogP) is 2.84. The Morgan fingerprint density at radius 1 is 1.24 bits per heavy atom. The van der Waals surface area contributed by atoms with Crippen LogP contribution in [0.15, 0.2) is 17.5 Å². The van der Waals surface area contributed by atoms with Crippen LogP contribution in [0.2, 0.25) is 0 Å². The van der Waals surface area contributed by atoms with Gasteiger partial charge in [0.25, 0.3) is 0 Å². The summed E-state index contributed by atoms with van der Waals surface area (Å²) in [6, 6.07) is 4.32. The van der Waals surface area contributed by atoms with Gasteiger partial charge < -0.3 is 14.7 Å². The number of aliphatic carboxylic acids is 1. The lowest BCUT2D eigenvalue weighted by molar-refractivity contribution is -0.192. The van der Waals surface area contributed by atoms with Crippen LogP contribution < -0.4 is 0 Å². The molecular formula is C19H25F3N2O4S. The van der Waals surface area contributed by atoms with Crippen molar-refractivity contribution >= 4 is 23.2 Å². The van der Waals surface area contributed by atoms with Crippen LogP contribution in [-0.4, -0.2) is 71.8 Å². The van der Waals surface area contributed by atoms with Gasteiger partial charge in [0.05, 0.1) is 12.7 Å². The van der Waals surface area contributed by atoms with E-state index in [0.717, 1.165) is 52.2 Å². The van der Waals surface area contributed by atoms with Gasteiger partial charge in [0.2, 0.25) is 5.91 Å².